The molecule has 142 valence electrons. The van der Waals surface area contributed by atoms with Gasteiger partial charge in [-0.25, -0.2) is 15.0 Å². The minimum absolute atomic E-state index is 0.00366. The molecular weight excluding hydrogens is 350 g/mol. The number of nitro groups is 1. The van der Waals surface area contributed by atoms with Crippen molar-refractivity contribution in [2.75, 3.05) is 38.2 Å². The van der Waals surface area contributed by atoms with E-state index in [0.717, 1.165) is 13.1 Å². The van der Waals surface area contributed by atoms with E-state index in [0.29, 0.717) is 36.3 Å². The number of aromatic nitrogens is 2. The molecular formula is C17H21N7O3. The van der Waals surface area contributed by atoms with Gasteiger partial charge in [-0.05, 0) is 12.1 Å². The van der Waals surface area contributed by atoms with Crippen LogP contribution in [0.1, 0.15) is 5.56 Å². The van der Waals surface area contributed by atoms with E-state index in [1.807, 2.05) is 4.90 Å². The Kier molecular flexibility index (Phi) is 5.64. The molecule has 2 aromatic rings. The van der Waals surface area contributed by atoms with Crippen LogP contribution in [0.5, 0.6) is 5.75 Å². The van der Waals surface area contributed by atoms with Crippen molar-refractivity contribution in [1.29, 1.82) is 0 Å². The first-order valence-corrected chi connectivity index (χ1v) is 8.46. The number of nitrogens with two attached hydrogens (primary N) is 1. The number of aliphatic imine (C=N–C) groups is 1. The van der Waals surface area contributed by atoms with Gasteiger partial charge >= 0.3 is 0 Å². The fourth-order valence-electron chi connectivity index (χ4n) is 2.86. The summed E-state index contributed by atoms with van der Waals surface area (Å²) in [5.41, 5.74) is 6.73. The summed E-state index contributed by atoms with van der Waals surface area (Å²) in [4.78, 5) is 27.5. The molecule has 1 saturated heterocycles. The van der Waals surface area contributed by atoms with E-state index >= 15 is 0 Å². The molecule has 1 fully saturated rings. The van der Waals surface area contributed by atoms with Crippen molar-refractivity contribution in [2.45, 2.75) is 6.54 Å². The lowest BCUT2D eigenvalue weighted by molar-refractivity contribution is -0.384. The number of piperazine rings is 1. The number of nitrogens with zero attached hydrogens (tertiary/aromatic N) is 6. The summed E-state index contributed by atoms with van der Waals surface area (Å²) in [7, 11) is 1.52. The van der Waals surface area contributed by atoms with Crippen LogP contribution in [0.25, 0.3) is 0 Å². The lowest BCUT2D eigenvalue weighted by Crippen LogP contribution is -2.51. The Morgan fingerprint density at radius 3 is 2.63 bits per heavy atom. The molecule has 0 unspecified atom stereocenters. The lowest BCUT2D eigenvalue weighted by atomic mass is 10.2. The molecule has 1 aromatic carbocycles. The van der Waals surface area contributed by atoms with Crippen molar-refractivity contribution in [3.8, 4) is 5.75 Å². The molecule has 10 heteroatoms. The van der Waals surface area contributed by atoms with Crippen LogP contribution in [0.3, 0.4) is 0 Å². The Bertz CT molecular complexity index is 821. The fourth-order valence-corrected chi connectivity index (χ4v) is 2.86. The first kappa shape index (κ1) is 18.4. The van der Waals surface area contributed by atoms with Crippen LogP contribution in [0.15, 0.2) is 41.7 Å². The number of ether oxygens (including phenoxy) is 1. The number of guanidine groups is 1. The average molecular weight is 371 g/mol. The van der Waals surface area contributed by atoms with Crippen LogP contribution in [-0.2, 0) is 6.54 Å². The number of nitro benzene ring substituents is 1. The van der Waals surface area contributed by atoms with Gasteiger partial charge in [0.2, 0.25) is 5.95 Å². The molecule has 0 spiro atoms. The predicted molar refractivity (Wildman–Crippen MR) is 101 cm³/mol. The van der Waals surface area contributed by atoms with Gasteiger partial charge in [0.1, 0.15) is 5.75 Å². The smallest absolute Gasteiger partial charge is 0.270 e. The first-order valence-electron chi connectivity index (χ1n) is 8.46. The SMILES string of the molecule is COc1ccc([N+](=O)[O-])cc1CN=C(N)N1CCN(c2ncccn2)CC1. The molecule has 0 aliphatic carbocycles. The molecule has 10 nitrogen and oxygen atoms in total. The third kappa shape index (κ3) is 4.40. The Morgan fingerprint density at radius 2 is 2.00 bits per heavy atom. The topological polar surface area (TPSA) is 123 Å². The summed E-state index contributed by atoms with van der Waals surface area (Å²) < 4.78 is 5.25. The minimum atomic E-state index is -0.444. The second-order valence-corrected chi connectivity index (χ2v) is 5.95. The molecule has 0 atom stereocenters. The third-order valence-corrected chi connectivity index (χ3v) is 4.32. The standard InChI is InChI=1S/C17H21N7O3/c1-27-15-4-3-14(24(25)26)11-13(15)12-21-16(18)22-7-9-23(10-8-22)17-19-5-2-6-20-17/h2-6,11H,7-10,12H2,1H3,(H2,18,21). The van der Waals surface area contributed by atoms with Gasteiger partial charge in [0, 0.05) is 56.3 Å². The van der Waals surface area contributed by atoms with E-state index in [2.05, 4.69) is 19.9 Å². The molecule has 0 saturated carbocycles. The lowest BCUT2D eigenvalue weighted by Gasteiger charge is -2.35. The summed E-state index contributed by atoms with van der Waals surface area (Å²) in [6, 6.07) is 6.21. The second kappa shape index (κ2) is 8.30. The summed E-state index contributed by atoms with van der Waals surface area (Å²) in [6.07, 6.45) is 3.44. The van der Waals surface area contributed by atoms with Crippen molar-refractivity contribution in [3.05, 3.63) is 52.3 Å². The van der Waals surface area contributed by atoms with E-state index in [1.54, 1.807) is 24.5 Å². The monoisotopic (exact) mass is 371 g/mol. The maximum Gasteiger partial charge on any atom is 0.270 e. The zero-order valence-corrected chi connectivity index (χ0v) is 15.0. The molecule has 1 aromatic heterocycles. The zero-order valence-electron chi connectivity index (χ0n) is 15.0. The molecule has 2 heterocycles. The van der Waals surface area contributed by atoms with Gasteiger partial charge in [-0.3, -0.25) is 10.1 Å². The number of benzene rings is 1. The molecule has 1 aliphatic heterocycles. The second-order valence-electron chi connectivity index (χ2n) is 5.95. The van der Waals surface area contributed by atoms with Gasteiger partial charge in [-0.2, -0.15) is 0 Å². The summed E-state index contributed by atoms with van der Waals surface area (Å²) >= 11 is 0. The number of anilines is 1. The van der Waals surface area contributed by atoms with Gasteiger partial charge < -0.3 is 20.3 Å². The van der Waals surface area contributed by atoms with E-state index in [-0.39, 0.29) is 12.2 Å². The van der Waals surface area contributed by atoms with Crippen molar-refractivity contribution in [3.63, 3.8) is 0 Å². The summed E-state index contributed by atoms with van der Waals surface area (Å²) in [5, 5.41) is 11.0. The molecule has 27 heavy (non-hydrogen) atoms. The quantitative estimate of drug-likeness (QED) is 0.358. The van der Waals surface area contributed by atoms with Crippen molar-refractivity contribution >= 4 is 17.6 Å². The largest absolute Gasteiger partial charge is 0.496 e. The molecule has 3 rings (SSSR count). The predicted octanol–water partition coefficient (Wildman–Crippen LogP) is 1.03. The zero-order chi connectivity index (χ0) is 19.2. The Hall–Kier alpha value is -3.43. The van der Waals surface area contributed by atoms with Crippen molar-refractivity contribution in [1.82, 2.24) is 14.9 Å². The van der Waals surface area contributed by atoms with Crippen molar-refractivity contribution < 1.29 is 9.66 Å². The van der Waals surface area contributed by atoms with Crippen molar-refractivity contribution in [2.24, 2.45) is 10.7 Å². The van der Waals surface area contributed by atoms with E-state index < -0.39 is 4.92 Å². The maximum atomic E-state index is 11.0. The number of non-ortho nitro benzene ring substituents is 1. The molecule has 0 amide bonds. The minimum Gasteiger partial charge on any atom is -0.496 e. The van der Waals surface area contributed by atoms with E-state index in [1.165, 1.54) is 19.2 Å². The third-order valence-electron chi connectivity index (χ3n) is 4.32. The number of hydrogen-bond donors (Lipinski definition) is 1. The molecule has 1 aliphatic rings. The highest BCUT2D eigenvalue weighted by molar-refractivity contribution is 5.78. The Balaban J connectivity index is 1.63. The highest BCUT2D eigenvalue weighted by atomic mass is 16.6. The Morgan fingerprint density at radius 1 is 1.30 bits per heavy atom. The van der Waals surface area contributed by atoms with Crippen LogP contribution in [0.4, 0.5) is 11.6 Å². The van der Waals surface area contributed by atoms with Gasteiger partial charge in [-0.15, -0.1) is 0 Å². The highest BCUT2D eigenvalue weighted by Gasteiger charge is 2.20. The maximum absolute atomic E-state index is 11.0. The van der Waals surface area contributed by atoms with Crippen LogP contribution >= 0.6 is 0 Å². The summed E-state index contributed by atoms with van der Waals surface area (Å²) in [6.45, 7) is 3.07. The van der Waals surface area contributed by atoms with Gasteiger partial charge in [0.15, 0.2) is 5.96 Å². The normalized spacial score (nSPS) is 14.9. The number of methoxy groups -OCH3 is 1. The number of hydrogen-bond acceptors (Lipinski definition) is 7. The molecule has 2 N–H and O–H groups in total. The van der Waals surface area contributed by atoms with E-state index in [9.17, 15) is 10.1 Å². The molecule has 0 radical (unpaired) electrons. The van der Waals surface area contributed by atoms with Crippen LogP contribution in [0.2, 0.25) is 0 Å². The highest BCUT2D eigenvalue weighted by Crippen LogP contribution is 2.24. The van der Waals surface area contributed by atoms with Crippen LogP contribution in [0, 0.1) is 10.1 Å². The van der Waals surface area contributed by atoms with Gasteiger partial charge in [0.05, 0.1) is 18.6 Å². The Labute approximate surface area is 156 Å². The van der Waals surface area contributed by atoms with Gasteiger partial charge in [-0.1, -0.05) is 0 Å². The van der Waals surface area contributed by atoms with Crippen LogP contribution in [-0.4, -0.2) is 59.0 Å². The first-order chi connectivity index (χ1) is 13.1. The fraction of sp³-hybridized carbons (Fsp3) is 0.353. The summed E-state index contributed by atoms with van der Waals surface area (Å²) in [5.74, 6) is 1.65. The average Bonchev–Trinajstić information content (AvgIpc) is 2.72. The molecule has 0 bridgehead atoms. The van der Waals surface area contributed by atoms with E-state index in [4.69, 9.17) is 10.5 Å². The van der Waals surface area contributed by atoms with Crippen LogP contribution < -0.4 is 15.4 Å². The van der Waals surface area contributed by atoms with Gasteiger partial charge in [0.25, 0.3) is 5.69 Å². The number of rotatable bonds is 5.